The predicted molar refractivity (Wildman–Crippen MR) is 56.3 cm³/mol. The van der Waals surface area contributed by atoms with E-state index in [1.54, 1.807) is 0 Å². The molecule has 70 valence electrons. The third-order valence-corrected chi connectivity index (χ3v) is 1.80. The fourth-order valence-corrected chi connectivity index (χ4v) is 1.20. The summed E-state index contributed by atoms with van der Waals surface area (Å²) in [6, 6.07) is 11.1. The van der Waals surface area contributed by atoms with Gasteiger partial charge in [0.25, 0.3) is 0 Å². The van der Waals surface area contributed by atoms with Gasteiger partial charge in [-0.2, -0.15) is 0 Å². The Kier molecular flexibility index (Phi) is 2.02. The number of hydrogen-bond acceptors (Lipinski definition) is 4. The van der Waals surface area contributed by atoms with E-state index in [4.69, 9.17) is 11.5 Å². The maximum Gasteiger partial charge on any atom is 0.163 e. The van der Waals surface area contributed by atoms with E-state index in [0.29, 0.717) is 17.5 Å². The van der Waals surface area contributed by atoms with E-state index in [-0.39, 0.29) is 0 Å². The smallest absolute Gasteiger partial charge is 0.163 e. The van der Waals surface area contributed by atoms with Gasteiger partial charge in [0, 0.05) is 11.6 Å². The highest BCUT2D eigenvalue weighted by Crippen LogP contribution is 2.16. The molecule has 0 saturated heterocycles. The second-order valence-electron chi connectivity index (χ2n) is 2.91. The third kappa shape index (κ3) is 1.64. The molecule has 0 aliphatic carbocycles. The number of aromatic nitrogens is 2. The minimum absolute atomic E-state index is 0.386. The molecule has 0 fully saturated rings. The summed E-state index contributed by atoms with van der Waals surface area (Å²) in [7, 11) is 0. The van der Waals surface area contributed by atoms with Gasteiger partial charge in [-0.15, -0.1) is 0 Å². The SMILES string of the molecule is Nc1cc(N)nc(-c2ccccc2)n1. The lowest BCUT2D eigenvalue weighted by molar-refractivity contribution is 1.19. The molecule has 1 aromatic heterocycles. The lowest BCUT2D eigenvalue weighted by atomic mass is 10.2. The molecule has 0 atom stereocenters. The van der Waals surface area contributed by atoms with Crippen LogP contribution in [-0.4, -0.2) is 9.97 Å². The van der Waals surface area contributed by atoms with Crippen molar-refractivity contribution in [3.05, 3.63) is 36.4 Å². The van der Waals surface area contributed by atoms with Crippen LogP contribution in [0.4, 0.5) is 11.6 Å². The fraction of sp³-hybridized carbons (Fsp3) is 0. The summed E-state index contributed by atoms with van der Waals surface area (Å²) in [5.74, 6) is 1.33. The van der Waals surface area contributed by atoms with Crippen LogP contribution < -0.4 is 11.5 Å². The van der Waals surface area contributed by atoms with Gasteiger partial charge in [0.1, 0.15) is 11.6 Å². The van der Waals surface area contributed by atoms with Crippen molar-refractivity contribution in [3.63, 3.8) is 0 Å². The van der Waals surface area contributed by atoms with Crippen molar-refractivity contribution in [2.75, 3.05) is 11.5 Å². The highest BCUT2D eigenvalue weighted by Gasteiger charge is 2.01. The second-order valence-corrected chi connectivity index (χ2v) is 2.91. The van der Waals surface area contributed by atoms with Crippen LogP contribution >= 0.6 is 0 Å². The minimum atomic E-state index is 0.386. The quantitative estimate of drug-likeness (QED) is 0.703. The zero-order valence-electron chi connectivity index (χ0n) is 7.51. The van der Waals surface area contributed by atoms with Gasteiger partial charge in [0.15, 0.2) is 5.82 Å². The van der Waals surface area contributed by atoms with Crippen molar-refractivity contribution < 1.29 is 0 Å². The first kappa shape index (κ1) is 8.50. The Balaban J connectivity index is 2.52. The highest BCUT2D eigenvalue weighted by molar-refractivity contribution is 5.59. The lowest BCUT2D eigenvalue weighted by Crippen LogP contribution is -1.99. The molecule has 4 heteroatoms. The minimum Gasteiger partial charge on any atom is -0.384 e. The Labute approximate surface area is 81.6 Å². The van der Waals surface area contributed by atoms with Crippen LogP contribution in [0.5, 0.6) is 0 Å². The Morgan fingerprint density at radius 3 is 2.00 bits per heavy atom. The molecule has 0 aliphatic rings. The molecular formula is C10H10N4. The van der Waals surface area contributed by atoms with E-state index >= 15 is 0 Å². The molecule has 0 unspecified atom stereocenters. The van der Waals surface area contributed by atoms with E-state index in [2.05, 4.69) is 9.97 Å². The van der Waals surface area contributed by atoms with Gasteiger partial charge in [-0.3, -0.25) is 0 Å². The van der Waals surface area contributed by atoms with Crippen LogP contribution in [-0.2, 0) is 0 Å². The van der Waals surface area contributed by atoms with E-state index in [0.717, 1.165) is 5.56 Å². The van der Waals surface area contributed by atoms with E-state index in [1.807, 2.05) is 30.3 Å². The molecule has 0 aliphatic heterocycles. The van der Waals surface area contributed by atoms with Gasteiger partial charge in [-0.1, -0.05) is 30.3 Å². The summed E-state index contributed by atoms with van der Waals surface area (Å²) < 4.78 is 0. The van der Waals surface area contributed by atoms with Crippen molar-refractivity contribution >= 4 is 11.6 Å². The van der Waals surface area contributed by atoms with E-state index in [9.17, 15) is 0 Å². The first-order chi connectivity index (χ1) is 6.75. The summed E-state index contributed by atoms with van der Waals surface area (Å²) in [6.45, 7) is 0. The third-order valence-electron chi connectivity index (χ3n) is 1.80. The van der Waals surface area contributed by atoms with Crippen LogP contribution in [0.1, 0.15) is 0 Å². The lowest BCUT2D eigenvalue weighted by Gasteiger charge is -2.01. The van der Waals surface area contributed by atoms with Crippen molar-refractivity contribution in [2.24, 2.45) is 0 Å². The molecule has 1 heterocycles. The van der Waals surface area contributed by atoms with Crippen molar-refractivity contribution in [2.45, 2.75) is 0 Å². The van der Waals surface area contributed by atoms with Gasteiger partial charge in [-0.05, 0) is 0 Å². The van der Waals surface area contributed by atoms with Crippen LogP contribution in [0, 0.1) is 0 Å². The maximum absolute atomic E-state index is 5.57. The largest absolute Gasteiger partial charge is 0.384 e. The maximum atomic E-state index is 5.57. The summed E-state index contributed by atoms with van der Waals surface area (Å²) >= 11 is 0. The van der Waals surface area contributed by atoms with Gasteiger partial charge in [0.2, 0.25) is 0 Å². The Morgan fingerprint density at radius 2 is 1.43 bits per heavy atom. The monoisotopic (exact) mass is 186 g/mol. The number of anilines is 2. The van der Waals surface area contributed by atoms with E-state index in [1.165, 1.54) is 6.07 Å². The van der Waals surface area contributed by atoms with Crippen molar-refractivity contribution in [1.82, 2.24) is 9.97 Å². The molecule has 14 heavy (non-hydrogen) atoms. The number of rotatable bonds is 1. The van der Waals surface area contributed by atoms with Gasteiger partial charge in [0.05, 0.1) is 0 Å². The van der Waals surface area contributed by atoms with E-state index < -0.39 is 0 Å². The Morgan fingerprint density at radius 1 is 0.857 bits per heavy atom. The highest BCUT2D eigenvalue weighted by atomic mass is 15.0. The molecule has 0 spiro atoms. The van der Waals surface area contributed by atoms with Crippen molar-refractivity contribution in [1.29, 1.82) is 0 Å². The molecule has 2 rings (SSSR count). The molecule has 4 N–H and O–H groups in total. The standard InChI is InChI=1S/C10H10N4/c11-8-6-9(12)14-10(13-8)7-4-2-1-3-5-7/h1-6H,(H4,11,12,13,14). The molecule has 0 saturated carbocycles. The van der Waals surface area contributed by atoms with Crippen LogP contribution in [0.15, 0.2) is 36.4 Å². The van der Waals surface area contributed by atoms with Gasteiger partial charge < -0.3 is 11.5 Å². The van der Waals surface area contributed by atoms with Crippen molar-refractivity contribution in [3.8, 4) is 11.4 Å². The summed E-state index contributed by atoms with van der Waals surface area (Å²) in [6.07, 6.45) is 0. The van der Waals surface area contributed by atoms with Crippen LogP contribution in [0.25, 0.3) is 11.4 Å². The van der Waals surface area contributed by atoms with Crippen LogP contribution in [0.2, 0.25) is 0 Å². The fourth-order valence-electron chi connectivity index (χ4n) is 1.20. The first-order valence-corrected chi connectivity index (χ1v) is 4.21. The Bertz CT molecular complexity index is 419. The number of nitrogens with zero attached hydrogens (tertiary/aromatic N) is 2. The zero-order chi connectivity index (χ0) is 9.97. The molecule has 2 aromatic rings. The first-order valence-electron chi connectivity index (χ1n) is 4.21. The van der Waals surface area contributed by atoms with Gasteiger partial charge >= 0.3 is 0 Å². The summed E-state index contributed by atoms with van der Waals surface area (Å²) in [5.41, 5.74) is 12.0. The number of hydrogen-bond donors (Lipinski definition) is 2. The topological polar surface area (TPSA) is 77.8 Å². The van der Waals surface area contributed by atoms with Gasteiger partial charge in [-0.25, -0.2) is 9.97 Å². The van der Waals surface area contributed by atoms with Crippen LogP contribution in [0.3, 0.4) is 0 Å². The number of nitrogens with two attached hydrogens (primary N) is 2. The zero-order valence-corrected chi connectivity index (χ0v) is 7.51. The molecular weight excluding hydrogens is 176 g/mol. The summed E-state index contributed by atoms with van der Waals surface area (Å²) in [5, 5.41) is 0. The molecule has 4 nitrogen and oxygen atoms in total. The average molecular weight is 186 g/mol. The second kappa shape index (κ2) is 3.33. The number of benzene rings is 1. The summed E-state index contributed by atoms with van der Waals surface area (Å²) in [4.78, 5) is 8.18. The average Bonchev–Trinajstić information content (AvgIpc) is 2.18. The molecule has 0 amide bonds. The molecule has 0 bridgehead atoms. The predicted octanol–water partition coefficient (Wildman–Crippen LogP) is 1.31. The normalized spacial score (nSPS) is 10.0. The molecule has 1 aromatic carbocycles. The number of nitrogen functional groups attached to an aromatic ring is 2. The molecule has 0 radical (unpaired) electrons. The Hall–Kier alpha value is -2.10.